The molecule has 0 saturated carbocycles. The van der Waals surface area contributed by atoms with Gasteiger partial charge >= 0.3 is 0 Å². The molecule has 0 saturated heterocycles. The van der Waals surface area contributed by atoms with Crippen molar-refractivity contribution in [2.45, 2.75) is 18.6 Å². The van der Waals surface area contributed by atoms with E-state index >= 15 is 0 Å². The molecule has 1 heterocycles. The van der Waals surface area contributed by atoms with Crippen LogP contribution in [-0.4, -0.2) is 19.1 Å². The molecule has 0 aliphatic heterocycles. The van der Waals surface area contributed by atoms with Gasteiger partial charge in [-0.15, -0.1) is 0 Å². The maximum Gasteiger partial charge on any atom is 0.162 e. The summed E-state index contributed by atoms with van der Waals surface area (Å²) in [6.45, 7) is 4.48. The van der Waals surface area contributed by atoms with Gasteiger partial charge in [0.25, 0.3) is 0 Å². The normalized spacial score (nSPS) is 16.5. The molecule has 1 aromatic heterocycles. The van der Waals surface area contributed by atoms with Crippen molar-refractivity contribution in [3.63, 3.8) is 0 Å². The lowest BCUT2D eigenvalue weighted by Crippen LogP contribution is -2.27. The van der Waals surface area contributed by atoms with Crippen LogP contribution in [0, 0.1) is 0 Å². The van der Waals surface area contributed by atoms with Gasteiger partial charge in [-0.3, -0.25) is 0 Å². The molecule has 23 heavy (non-hydrogen) atoms. The van der Waals surface area contributed by atoms with Gasteiger partial charge in [0.2, 0.25) is 0 Å². The van der Waals surface area contributed by atoms with Crippen LogP contribution in [0.4, 0.5) is 0 Å². The van der Waals surface area contributed by atoms with Crippen LogP contribution < -0.4 is 4.74 Å². The minimum absolute atomic E-state index is 0.311. The third kappa shape index (κ3) is 2.00. The molecule has 118 valence electrons. The van der Waals surface area contributed by atoms with Crippen molar-refractivity contribution >= 4 is 29.4 Å². The largest absolute Gasteiger partial charge is 0.497 e. The van der Waals surface area contributed by atoms with Crippen LogP contribution in [0.15, 0.2) is 42.5 Å². The summed E-state index contributed by atoms with van der Waals surface area (Å²) in [5.41, 5.74) is 6.96. The quantitative estimate of drug-likeness (QED) is 0.456. The summed E-state index contributed by atoms with van der Waals surface area (Å²) in [4.78, 5) is 0. The SMILES string of the molecule is COc1ccc2c(c1)c1c(n2C)-c2ccccc2C1[Si](C)(C)Cl. The van der Waals surface area contributed by atoms with Gasteiger partial charge in [-0.25, -0.2) is 0 Å². The number of fused-ring (bicyclic) bond motifs is 5. The van der Waals surface area contributed by atoms with Crippen molar-refractivity contribution in [3.05, 3.63) is 53.6 Å². The summed E-state index contributed by atoms with van der Waals surface area (Å²) in [6, 6.07) is 15.0. The summed E-state index contributed by atoms with van der Waals surface area (Å²) in [7, 11) is 1.93. The van der Waals surface area contributed by atoms with Crippen molar-refractivity contribution in [1.29, 1.82) is 0 Å². The van der Waals surface area contributed by atoms with Crippen molar-refractivity contribution in [3.8, 4) is 17.0 Å². The average Bonchev–Trinajstić information content (AvgIpc) is 3.01. The van der Waals surface area contributed by atoms with Gasteiger partial charge in [0.05, 0.1) is 12.8 Å². The third-order valence-electron chi connectivity index (χ3n) is 4.95. The number of benzene rings is 2. The first-order chi connectivity index (χ1) is 10.9. The monoisotopic (exact) mass is 341 g/mol. The lowest BCUT2D eigenvalue weighted by atomic mass is 10.1. The highest BCUT2D eigenvalue weighted by Crippen LogP contribution is 2.53. The van der Waals surface area contributed by atoms with Crippen LogP contribution >= 0.6 is 11.1 Å². The molecule has 0 N–H and O–H groups in total. The van der Waals surface area contributed by atoms with E-state index in [0.717, 1.165) is 5.75 Å². The number of nitrogens with zero attached hydrogens (tertiary/aromatic N) is 1. The van der Waals surface area contributed by atoms with Crippen LogP contribution in [0.3, 0.4) is 0 Å². The van der Waals surface area contributed by atoms with E-state index in [4.69, 9.17) is 15.8 Å². The second kappa shape index (κ2) is 4.89. The fourth-order valence-corrected chi connectivity index (χ4v) is 6.68. The Morgan fingerprint density at radius 3 is 2.57 bits per heavy atom. The van der Waals surface area contributed by atoms with Gasteiger partial charge < -0.3 is 9.30 Å². The molecular weight excluding hydrogens is 322 g/mol. The molecule has 1 aliphatic carbocycles. The van der Waals surface area contributed by atoms with Gasteiger partial charge in [0.15, 0.2) is 7.38 Å². The number of methoxy groups -OCH3 is 1. The Bertz CT molecular complexity index is 923. The predicted molar refractivity (Wildman–Crippen MR) is 100 cm³/mol. The molecule has 2 nitrogen and oxygen atoms in total. The third-order valence-corrected chi connectivity index (χ3v) is 7.58. The Labute approximate surface area is 142 Å². The van der Waals surface area contributed by atoms with Crippen molar-refractivity contribution in [2.24, 2.45) is 7.05 Å². The van der Waals surface area contributed by atoms with Crippen molar-refractivity contribution < 1.29 is 4.74 Å². The van der Waals surface area contributed by atoms with E-state index in [1.165, 1.54) is 33.3 Å². The summed E-state index contributed by atoms with van der Waals surface area (Å²) in [5.74, 6) is 0.898. The topological polar surface area (TPSA) is 14.2 Å². The predicted octanol–water partition coefficient (Wildman–Crippen LogP) is 5.28. The fourth-order valence-electron chi connectivity index (χ4n) is 4.03. The second-order valence-electron chi connectivity index (χ2n) is 6.79. The number of halogens is 1. The summed E-state index contributed by atoms with van der Waals surface area (Å²) >= 11 is 6.98. The zero-order valence-electron chi connectivity index (χ0n) is 13.9. The molecule has 1 atom stereocenters. The molecule has 1 unspecified atom stereocenters. The minimum Gasteiger partial charge on any atom is -0.497 e. The van der Waals surface area contributed by atoms with E-state index in [0.29, 0.717) is 5.54 Å². The first-order valence-electron chi connectivity index (χ1n) is 7.88. The molecule has 4 rings (SSSR count). The smallest absolute Gasteiger partial charge is 0.162 e. The standard InChI is InChI=1S/C19H20ClNOSi/c1-21-16-10-9-12(22-2)11-15(16)17-18(21)13-7-5-6-8-14(13)19(17)23(3,4)20/h5-11,19H,1-4H3. The van der Waals surface area contributed by atoms with Crippen molar-refractivity contribution in [2.75, 3.05) is 7.11 Å². The number of rotatable bonds is 2. The average molecular weight is 342 g/mol. The second-order valence-corrected chi connectivity index (χ2v) is 13.4. The van der Waals surface area contributed by atoms with Gasteiger partial charge in [-0.05, 0) is 29.3 Å². The van der Waals surface area contributed by atoms with Crippen molar-refractivity contribution in [1.82, 2.24) is 4.57 Å². The van der Waals surface area contributed by atoms with E-state index in [-0.39, 0.29) is 0 Å². The van der Waals surface area contributed by atoms with Gasteiger partial charge in [-0.2, -0.15) is 11.1 Å². The molecule has 2 aromatic carbocycles. The molecule has 0 bridgehead atoms. The molecule has 3 aromatic rings. The Morgan fingerprint density at radius 2 is 1.87 bits per heavy atom. The zero-order chi connectivity index (χ0) is 16.4. The highest BCUT2D eigenvalue weighted by Gasteiger charge is 2.42. The lowest BCUT2D eigenvalue weighted by molar-refractivity contribution is 0.415. The Balaban J connectivity index is 2.14. The van der Waals surface area contributed by atoms with Crippen LogP contribution in [0.1, 0.15) is 16.7 Å². The number of hydrogen-bond donors (Lipinski definition) is 0. The van der Waals surface area contributed by atoms with Crippen LogP contribution in [0.5, 0.6) is 5.75 Å². The summed E-state index contributed by atoms with van der Waals surface area (Å²) in [5, 5.41) is 1.27. The molecule has 0 spiro atoms. The van der Waals surface area contributed by atoms with E-state index in [2.05, 4.69) is 61.1 Å². The number of hydrogen-bond acceptors (Lipinski definition) is 1. The zero-order valence-corrected chi connectivity index (χ0v) is 15.6. The maximum atomic E-state index is 6.98. The summed E-state index contributed by atoms with van der Waals surface area (Å²) in [6.07, 6.45) is 0. The molecule has 0 amide bonds. The number of aryl methyl sites for hydroxylation is 1. The van der Waals surface area contributed by atoms with E-state index < -0.39 is 7.38 Å². The Kier molecular flexibility index (Phi) is 3.16. The Morgan fingerprint density at radius 1 is 1.13 bits per heavy atom. The number of ether oxygens (including phenoxy) is 1. The first kappa shape index (κ1) is 14.9. The van der Waals surface area contributed by atoms with Gasteiger partial charge in [-0.1, -0.05) is 37.4 Å². The lowest BCUT2D eigenvalue weighted by Gasteiger charge is -2.24. The molecular formula is C19H20ClNOSi. The highest BCUT2D eigenvalue weighted by molar-refractivity contribution is 7.20. The molecule has 1 aliphatic rings. The molecule has 0 fully saturated rings. The van der Waals surface area contributed by atoms with Gasteiger partial charge in [0, 0.05) is 29.1 Å². The van der Waals surface area contributed by atoms with Gasteiger partial charge in [0.1, 0.15) is 5.75 Å². The molecule has 4 heteroatoms. The van der Waals surface area contributed by atoms with Crippen LogP contribution in [0.25, 0.3) is 22.2 Å². The minimum atomic E-state index is -1.94. The molecule has 0 radical (unpaired) electrons. The highest BCUT2D eigenvalue weighted by atomic mass is 35.6. The maximum absolute atomic E-state index is 6.98. The number of aromatic nitrogens is 1. The van der Waals surface area contributed by atoms with E-state index in [9.17, 15) is 0 Å². The summed E-state index contributed by atoms with van der Waals surface area (Å²) < 4.78 is 7.76. The Hall–Kier alpha value is -1.71. The first-order valence-corrected chi connectivity index (χ1v) is 12.0. The van der Waals surface area contributed by atoms with E-state index in [1.54, 1.807) is 7.11 Å². The van der Waals surface area contributed by atoms with Crippen LogP contribution in [-0.2, 0) is 7.05 Å². The fraction of sp³-hybridized carbons (Fsp3) is 0.263. The van der Waals surface area contributed by atoms with Crippen LogP contribution in [0.2, 0.25) is 13.1 Å². The van der Waals surface area contributed by atoms with E-state index in [1.807, 2.05) is 6.07 Å².